The quantitative estimate of drug-likeness (QED) is 0.326. The molecule has 0 heterocycles. The highest BCUT2D eigenvalue weighted by Crippen LogP contribution is 2.16. The molecule has 0 aliphatic heterocycles. The summed E-state index contributed by atoms with van der Waals surface area (Å²) in [4.78, 5) is 4.97. The number of hydrogen-bond donors (Lipinski definition) is 2. The number of halogens is 3. The first kappa shape index (κ1) is 14.0. The molecule has 0 aliphatic rings. The number of hydrazine groups is 1. The maximum absolute atomic E-state index is 12.1. The lowest BCUT2D eigenvalue weighted by Gasteiger charge is -2.24. The number of nitrogens with one attached hydrogen (secondary N) is 1. The number of hydrogen-bond acceptors (Lipinski definition) is 2. The number of guanidine groups is 1. The number of nitrogens with two attached hydrogens (primary N) is 1. The monoisotopic (exact) mass is 226 g/mol. The molecule has 0 aromatic carbocycles. The highest BCUT2D eigenvalue weighted by molar-refractivity contribution is 5.79. The molecule has 0 aromatic heterocycles. The summed E-state index contributed by atoms with van der Waals surface area (Å²) < 4.78 is 36.4. The maximum Gasteiger partial charge on any atom is 0.406 e. The van der Waals surface area contributed by atoms with Crippen LogP contribution in [0.5, 0.6) is 0 Å². The van der Waals surface area contributed by atoms with Crippen LogP contribution in [0.3, 0.4) is 0 Å². The first-order valence-electron chi connectivity index (χ1n) is 4.77. The minimum absolute atomic E-state index is 0.0803. The third-order valence-corrected chi connectivity index (χ3v) is 1.67. The minimum Gasteiger partial charge on any atom is -0.333 e. The van der Waals surface area contributed by atoms with Crippen LogP contribution in [0.25, 0.3) is 0 Å². The molecule has 0 radical (unpaired) electrons. The van der Waals surface area contributed by atoms with Crippen LogP contribution < -0.4 is 11.3 Å². The van der Waals surface area contributed by atoms with Gasteiger partial charge >= 0.3 is 6.18 Å². The van der Waals surface area contributed by atoms with E-state index in [0.717, 1.165) is 11.3 Å². The lowest BCUT2D eigenvalue weighted by molar-refractivity contribution is -0.137. The van der Waals surface area contributed by atoms with E-state index in [4.69, 9.17) is 5.84 Å². The molecule has 0 saturated carbocycles. The average molecular weight is 226 g/mol. The fraction of sp³-hybridized carbons (Fsp3) is 0.875. The van der Waals surface area contributed by atoms with E-state index in [9.17, 15) is 13.2 Å². The fourth-order valence-corrected chi connectivity index (χ4v) is 1.01. The molecule has 0 amide bonds. The molecule has 3 N–H and O–H groups in total. The van der Waals surface area contributed by atoms with Gasteiger partial charge in [0.2, 0.25) is 5.96 Å². The zero-order valence-electron chi connectivity index (χ0n) is 8.93. The summed E-state index contributed by atoms with van der Waals surface area (Å²) in [7, 11) is 0. The van der Waals surface area contributed by atoms with Crippen LogP contribution in [0.4, 0.5) is 13.2 Å². The van der Waals surface area contributed by atoms with Gasteiger partial charge in [-0.1, -0.05) is 6.92 Å². The van der Waals surface area contributed by atoms with Gasteiger partial charge in [-0.3, -0.25) is 10.4 Å². The van der Waals surface area contributed by atoms with Gasteiger partial charge in [0.25, 0.3) is 0 Å². The lowest BCUT2D eigenvalue weighted by atomic mass is 10.5. The van der Waals surface area contributed by atoms with Crippen LogP contribution >= 0.6 is 0 Å². The topological polar surface area (TPSA) is 53.6 Å². The molecule has 0 unspecified atom stereocenters. The number of rotatable bonds is 4. The van der Waals surface area contributed by atoms with Crippen molar-refractivity contribution >= 4 is 5.96 Å². The second-order valence-corrected chi connectivity index (χ2v) is 2.98. The second-order valence-electron chi connectivity index (χ2n) is 2.98. The Morgan fingerprint density at radius 1 is 1.40 bits per heavy atom. The van der Waals surface area contributed by atoms with Gasteiger partial charge < -0.3 is 4.90 Å². The first-order chi connectivity index (χ1) is 6.94. The summed E-state index contributed by atoms with van der Waals surface area (Å²) in [5.74, 6) is 5.20. The normalized spacial score (nSPS) is 12.8. The van der Waals surface area contributed by atoms with Gasteiger partial charge in [-0.2, -0.15) is 13.2 Å². The summed E-state index contributed by atoms with van der Waals surface area (Å²) >= 11 is 0. The first-order valence-corrected chi connectivity index (χ1v) is 4.77. The predicted molar refractivity (Wildman–Crippen MR) is 53.2 cm³/mol. The molecule has 90 valence electrons. The van der Waals surface area contributed by atoms with Gasteiger partial charge in [0, 0.05) is 13.1 Å². The number of aliphatic imine (C=N–C) groups is 1. The Bertz CT molecular complexity index is 203. The molecule has 0 aromatic rings. The van der Waals surface area contributed by atoms with Crippen molar-refractivity contribution < 1.29 is 13.2 Å². The van der Waals surface area contributed by atoms with Gasteiger partial charge in [-0.05, 0) is 13.3 Å². The summed E-state index contributed by atoms with van der Waals surface area (Å²) in [5, 5.41) is 0. The van der Waals surface area contributed by atoms with E-state index < -0.39 is 12.7 Å². The molecule has 0 atom stereocenters. The predicted octanol–water partition coefficient (Wildman–Crippen LogP) is 1.10. The third-order valence-electron chi connectivity index (χ3n) is 1.67. The molecular formula is C8H17F3N4. The highest BCUT2D eigenvalue weighted by atomic mass is 19.4. The molecule has 0 bridgehead atoms. The zero-order chi connectivity index (χ0) is 11.9. The minimum atomic E-state index is -4.25. The molecule has 0 saturated heterocycles. The fourth-order valence-electron chi connectivity index (χ4n) is 1.01. The van der Waals surface area contributed by atoms with E-state index in [2.05, 4.69) is 10.4 Å². The van der Waals surface area contributed by atoms with Gasteiger partial charge in [-0.15, -0.1) is 0 Å². The molecule has 4 nitrogen and oxygen atoms in total. The Hall–Kier alpha value is -0.980. The Morgan fingerprint density at radius 2 is 2.00 bits per heavy atom. The highest BCUT2D eigenvalue weighted by Gasteiger charge is 2.31. The van der Waals surface area contributed by atoms with Crippen LogP contribution in [0.1, 0.15) is 20.3 Å². The third kappa shape index (κ3) is 6.16. The van der Waals surface area contributed by atoms with E-state index >= 15 is 0 Å². The van der Waals surface area contributed by atoms with E-state index in [0.29, 0.717) is 6.54 Å². The van der Waals surface area contributed by atoms with Gasteiger partial charge in [-0.25, -0.2) is 5.84 Å². The number of alkyl halides is 3. The Labute approximate surface area is 87.3 Å². The van der Waals surface area contributed by atoms with Crippen molar-refractivity contribution in [3.8, 4) is 0 Å². The van der Waals surface area contributed by atoms with Gasteiger partial charge in [0.1, 0.15) is 6.54 Å². The van der Waals surface area contributed by atoms with Crippen LogP contribution in [-0.4, -0.2) is 36.7 Å². The summed E-state index contributed by atoms with van der Waals surface area (Å²) in [6.07, 6.45) is -3.49. The van der Waals surface area contributed by atoms with Crippen molar-refractivity contribution in [2.24, 2.45) is 10.8 Å². The molecular weight excluding hydrogens is 209 g/mol. The van der Waals surface area contributed by atoms with Gasteiger partial charge in [0.05, 0.1) is 0 Å². The lowest BCUT2D eigenvalue weighted by Crippen LogP contribution is -2.48. The van der Waals surface area contributed by atoms with E-state index in [1.807, 2.05) is 6.92 Å². The van der Waals surface area contributed by atoms with E-state index in [1.165, 1.54) is 0 Å². The molecule has 0 aliphatic carbocycles. The Kier molecular flexibility index (Phi) is 6.07. The van der Waals surface area contributed by atoms with Crippen LogP contribution in [0.15, 0.2) is 4.99 Å². The van der Waals surface area contributed by atoms with Crippen molar-refractivity contribution in [2.75, 3.05) is 19.6 Å². The van der Waals surface area contributed by atoms with Gasteiger partial charge in [0.15, 0.2) is 0 Å². The van der Waals surface area contributed by atoms with Crippen LogP contribution in [-0.2, 0) is 0 Å². The van der Waals surface area contributed by atoms with E-state index in [1.54, 1.807) is 6.92 Å². The molecule has 0 spiro atoms. The molecule has 0 rings (SSSR count). The van der Waals surface area contributed by atoms with Crippen molar-refractivity contribution in [2.45, 2.75) is 26.4 Å². The number of nitrogens with zero attached hydrogens (tertiary/aromatic N) is 2. The Morgan fingerprint density at radius 3 is 2.33 bits per heavy atom. The molecule has 7 heteroatoms. The van der Waals surface area contributed by atoms with Crippen molar-refractivity contribution in [1.82, 2.24) is 10.3 Å². The van der Waals surface area contributed by atoms with Crippen molar-refractivity contribution in [3.63, 3.8) is 0 Å². The van der Waals surface area contributed by atoms with Crippen LogP contribution in [0, 0.1) is 0 Å². The summed E-state index contributed by atoms with van der Waals surface area (Å²) in [5.41, 5.74) is 2.19. The summed E-state index contributed by atoms with van der Waals surface area (Å²) in [6.45, 7) is 3.11. The zero-order valence-corrected chi connectivity index (χ0v) is 8.93. The van der Waals surface area contributed by atoms with Crippen molar-refractivity contribution in [1.29, 1.82) is 0 Å². The van der Waals surface area contributed by atoms with Crippen molar-refractivity contribution in [3.05, 3.63) is 0 Å². The smallest absolute Gasteiger partial charge is 0.333 e. The maximum atomic E-state index is 12.1. The molecule has 0 fully saturated rings. The van der Waals surface area contributed by atoms with E-state index in [-0.39, 0.29) is 12.5 Å². The van der Waals surface area contributed by atoms with Crippen LogP contribution in [0.2, 0.25) is 0 Å². The summed E-state index contributed by atoms with van der Waals surface area (Å²) in [6, 6.07) is 0. The Balaban J connectivity index is 4.47. The largest absolute Gasteiger partial charge is 0.406 e. The molecule has 15 heavy (non-hydrogen) atoms. The second kappa shape index (κ2) is 6.49. The SMILES string of the molecule is CCCN=C(NN)N(CC)CC(F)(F)F. The standard InChI is InChI=1S/C8H17F3N4/c1-3-5-13-7(14-12)15(4-2)6-8(9,10)11/h3-6,12H2,1-2H3,(H,13,14). The average Bonchev–Trinajstić information content (AvgIpc) is 2.15.